The van der Waals surface area contributed by atoms with Crippen molar-refractivity contribution in [3.63, 3.8) is 0 Å². The predicted octanol–water partition coefficient (Wildman–Crippen LogP) is 3.27. The first-order valence-electron chi connectivity index (χ1n) is 4.67. The second kappa shape index (κ2) is 4.16. The number of rotatable bonds is 1. The van der Waals surface area contributed by atoms with Gasteiger partial charge in [0.15, 0.2) is 5.69 Å². The fourth-order valence-electron chi connectivity index (χ4n) is 1.36. The van der Waals surface area contributed by atoms with Crippen molar-refractivity contribution >= 4 is 17.3 Å². The molecule has 1 aromatic heterocycles. The number of benzene rings is 1. The summed E-state index contributed by atoms with van der Waals surface area (Å²) in [5, 5.41) is 3.08. The van der Waals surface area contributed by atoms with E-state index in [-0.39, 0.29) is 16.4 Å². The molecule has 0 unspecified atom stereocenters. The van der Waals surface area contributed by atoms with E-state index in [0.717, 1.165) is 29.1 Å². The third kappa shape index (κ3) is 2.26. The summed E-state index contributed by atoms with van der Waals surface area (Å²) >= 11 is 5.49. The van der Waals surface area contributed by atoms with Gasteiger partial charge in [-0.2, -0.15) is 18.3 Å². The predicted molar refractivity (Wildman–Crippen MR) is 57.9 cm³/mol. The Morgan fingerprint density at radius 1 is 1.28 bits per heavy atom. The molecule has 2 N–H and O–H groups in total. The molecule has 8 heteroatoms. The maximum atomic E-state index is 13.2. The van der Waals surface area contributed by atoms with Crippen LogP contribution in [0.1, 0.15) is 5.69 Å². The standard InChI is InChI=1S/C10H6ClF4N3/c11-5-3-7(16)8(4-6(5)12)18-2-1-9(17-18)10(13,14)15/h1-4H,16H2. The maximum Gasteiger partial charge on any atom is 0.435 e. The highest BCUT2D eigenvalue weighted by Gasteiger charge is 2.33. The van der Waals surface area contributed by atoms with Gasteiger partial charge in [-0.1, -0.05) is 11.6 Å². The van der Waals surface area contributed by atoms with Gasteiger partial charge in [0.05, 0.1) is 16.4 Å². The Kier molecular flexibility index (Phi) is 2.94. The molecule has 0 radical (unpaired) electrons. The highest BCUT2D eigenvalue weighted by molar-refractivity contribution is 6.31. The summed E-state index contributed by atoms with van der Waals surface area (Å²) in [5.74, 6) is -0.787. The van der Waals surface area contributed by atoms with E-state index in [2.05, 4.69) is 5.10 Å². The molecule has 0 aliphatic rings. The molecule has 2 aromatic rings. The molecule has 0 aliphatic heterocycles. The van der Waals surface area contributed by atoms with Crippen molar-refractivity contribution in [2.45, 2.75) is 6.18 Å². The number of nitrogens with two attached hydrogens (primary N) is 1. The average molecular weight is 280 g/mol. The Labute approximate surface area is 104 Å². The molecular formula is C10H6ClF4N3. The van der Waals surface area contributed by atoms with E-state index in [1.54, 1.807) is 0 Å². The first-order valence-corrected chi connectivity index (χ1v) is 5.04. The maximum absolute atomic E-state index is 13.2. The Bertz CT molecular complexity index is 591. The van der Waals surface area contributed by atoms with Crippen LogP contribution < -0.4 is 5.73 Å². The molecule has 0 bridgehead atoms. The van der Waals surface area contributed by atoms with Crippen molar-refractivity contribution in [2.75, 3.05) is 5.73 Å². The molecule has 0 saturated carbocycles. The lowest BCUT2D eigenvalue weighted by molar-refractivity contribution is -0.141. The summed E-state index contributed by atoms with van der Waals surface area (Å²) in [6.07, 6.45) is -3.52. The van der Waals surface area contributed by atoms with Crippen LogP contribution in [0.2, 0.25) is 5.02 Å². The second-order valence-corrected chi connectivity index (χ2v) is 3.88. The van der Waals surface area contributed by atoms with Crippen LogP contribution in [0.25, 0.3) is 5.69 Å². The molecule has 0 atom stereocenters. The summed E-state index contributed by atoms with van der Waals surface area (Å²) in [6.45, 7) is 0. The van der Waals surface area contributed by atoms with Crippen molar-refractivity contribution in [1.82, 2.24) is 9.78 Å². The normalized spacial score (nSPS) is 11.8. The minimum Gasteiger partial charge on any atom is -0.397 e. The van der Waals surface area contributed by atoms with Gasteiger partial charge in [-0.15, -0.1) is 0 Å². The van der Waals surface area contributed by atoms with Gasteiger partial charge in [-0.05, 0) is 12.1 Å². The van der Waals surface area contributed by atoms with Gasteiger partial charge >= 0.3 is 6.18 Å². The van der Waals surface area contributed by atoms with Crippen molar-refractivity contribution in [1.29, 1.82) is 0 Å². The van der Waals surface area contributed by atoms with E-state index in [1.165, 1.54) is 0 Å². The number of hydrogen-bond donors (Lipinski definition) is 1. The Morgan fingerprint density at radius 3 is 2.50 bits per heavy atom. The molecule has 0 spiro atoms. The van der Waals surface area contributed by atoms with Gasteiger partial charge in [0, 0.05) is 12.3 Å². The van der Waals surface area contributed by atoms with Gasteiger partial charge in [-0.3, -0.25) is 0 Å². The van der Waals surface area contributed by atoms with Crippen LogP contribution >= 0.6 is 11.6 Å². The van der Waals surface area contributed by atoms with E-state index < -0.39 is 17.7 Å². The zero-order valence-electron chi connectivity index (χ0n) is 8.67. The number of nitrogens with zero attached hydrogens (tertiary/aromatic N) is 2. The molecule has 2 rings (SSSR count). The topological polar surface area (TPSA) is 43.8 Å². The minimum absolute atomic E-state index is 0.00704. The molecule has 0 fully saturated rings. The molecule has 18 heavy (non-hydrogen) atoms. The Morgan fingerprint density at radius 2 is 1.94 bits per heavy atom. The highest BCUT2D eigenvalue weighted by atomic mass is 35.5. The van der Waals surface area contributed by atoms with Gasteiger partial charge in [-0.25, -0.2) is 9.07 Å². The molecular weight excluding hydrogens is 274 g/mol. The molecule has 3 nitrogen and oxygen atoms in total. The lowest BCUT2D eigenvalue weighted by Gasteiger charge is -2.07. The van der Waals surface area contributed by atoms with E-state index in [9.17, 15) is 17.6 Å². The average Bonchev–Trinajstić information content (AvgIpc) is 2.72. The lowest BCUT2D eigenvalue weighted by Crippen LogP contribution is -2.08. The van der Waals surface area contributed by atoms with Crippen molar-refractivity contribution in [2.24, 2.45) is 0 Å². The van der Waals surface area contributed by atoms with Crippen molar-refractivity contribution < 1.29 is 17.6 Å². The van der Waals surface area contributed by atoms with Crippen LogP contribution in [-0.2, 0) is 6.18 Å². The molecule has 1 heterocycles. The van der Waals surface area contributed by atoms with Gasteiger partial charge in [0.1, 0.15) is 5.82 Å². The monoisotopic (exact) mass is 279 g/mol. The number of alkyl halides is 3. The minimum atomic E-state index is -4.56. The summed E-state index contributed by atoms with van der Waals surface area (Å²) in [6, 6.07) is 2.80. The van der Waals surface area contributed by atoms with Crippen molar-refractivity contribution in [3.8, 4) is 5.69 Å². The quantitative estimate of drug-likeness (QED) is 0.643. The summed E-state index contributed by atoms with van der Waals surface area (Å²) < 4.78 is 51.2. The smallest absolute Gasteiger partial charge is 0.397 e. The first-order chi connectivity index (χ1) is 8.29. The van der Waals surface area contributed by atoms with E-state index in [1.807, 2.05) is 0 Å². The van der Waals surface area contributed by atoms with Gasteiger partial charge in [0.25, 0.3) is 0 Å². The second-order valence-electron chi connectivity index (χ2n) is 3.47. The summed E-state index contributed by atoms with van der Waals surface area (Å²) in [7, 11) is 0. The largest absolute Gasteiger partial charge is 0.435 e. The van der Waals surface area contributed by atoms with Crippen LogP contribution in [0.5, 0.6) is 0 Å². The Hall–Kier alpha value is -1.76. The summed E-state index contributed by atoms with van der Waals surface area (Å²) in [5.41, 5.74) is 4.48. The molecule has 0 aliphatic carbocycles. The van der Waals surface area contributed by atoms with Crippen LogP contribution in [0.4, 0.5) is 23.2 Å². The fourth-order valence-corrected chi connectivity index (χ4v) is 1.53. The number of halogens is 5. The molecule has 1 aromatic carbocycles. The van der Waals surface area contributed by atoms with Crippen molar-refractivity contribution in [3.05, 3.63) is 40.9 Å². The van der Waals surface area contributed by atoms with Crippen LogP contribution in [0.15, 0.2) is 24.4 Å². The number of nitrogen functional groups attached to an aromatic ring is 1. The highest BCUT2D eigenvalue weighted by Crippen LogP contribution is 2.29. The molecule has 0 amide bonds. The molecule has 96 valence electrons. The Balaban J connectivity index is 2.50. The zero-order chi connectivity index (χ0) is 13.5. The SMILES string of the molecule is Nc1cc(Cl)c(F)cc1-n1ccc(C(F)(F)F)n1. The van der Waals surface area contributed by atoms with Gasteiger partial charge in [0.2, 0.25) is 0 Å². The van der Waals surface area contributed by atoms with E-state index >= 15 is 0 Å². The first kappa shape index (κ1) is 12.7. The van der Waals surface area contributed by atoms with Crippen LogP contribution in [0, 0.1) is 5.82 Å². The van der Waals surface area contributed by atoms with Crippen LogP contribution in [-0.4, -0.2) is 9.78 Å². The number of anilines is 1. The van der Waals surface area contributed by atoms with E-state index in [0.29, 0.717) is 0 Å². The van der Waals surface area contributed by atoms with Crippen LogP contribution in [0.3, 0.4) is 0 Å². The molecule has 0 saturated heterocycles. The fraction of sp³-hybridized carbons (Fsp3) is 0.100. The van der Waals surface area contributed by atoms with E-state index in [4.69, 9.17) is 17.3 Å². The lowest BCUT2D eigenvalue weighted by atomic mass is 10.2. The number of hydrogen-bond acceptors (Lipinski definition) is 2. The third-order valence-electron chi connectivity index (χ3n) is 2.20. The zero-order valence-corrected chi connectivity index (χ0v) is 9.43. The third-order valence-corrected chi connectivity index (χ3v) is 2.49. The number of aromatic nitrogens is 2. The summed E-state index contributed by atoms with van der Waals surface area (Å²) in [4.78, 5) is 0. The van der Waals surface area contributed by atoms with Gasteiger partial charge < -0.3 is 5.73 Å².